The summed E-state index contributed by atoms with van der Waals surface area (Å²) in [6.07, 6.45) is 1.60. The van der Waals surface area contributed by atoms with Gasteiger partial charge < -0.3 is 15.2 Å². The number of anilines is 1. The molecule has 1 aromatic heterocycles. The Labute approximate surface area is 172 Å². The molecular formula is C20H21N5O3S. The van der Waals surface area contributed by atoms with Crippen LogP contribution in [-0.4, -0.2) is 35.5 Å². The molecule has 0 radical (unpaired) electrons. The number of benzene rings is 2. The summed E-state index contributed by atoms with van der Waals surface area (Å²) in [5, 5.41) is 12.3. The Morgan fingerprint density at radius 3 is 2.52 bits per heavy atom. The molecule has 2 aromatic carbocycles. The lowest BCUT2D eigenvalue weighted by atomic mass is 10.2. The first-order chi connectivity index (χ1) is 14.1. The summed E-state index contributed by atoms with van der Waals surface area (Å²) >= 11 is 1.17. The molecule has 0 saturated carbocycles. The van der Waals surface area contributed by atoms with Gasteiger partial charge in [0.1, 0.15) is 29.7 Å². The summed E-state index contributed by atoms with van der Waals surface area (Å²) in [6, 6.07) is 15.2. The second-order valence-electron chi connectivity index (χ2n) is 6.00. The Hall–Kier alpha value is -3.46. The lowest BCUT2D eigenvalue weighted by Gasteiger charge is -2.11. The van der Waals surface area contributed by atoms with Crippen molar-refractivity contribution in [3.8, 4) is 11.5 Å². The molecule has 3 rings (SSSR count). The predicted octanol–water partition coefficient (Wildman–Crippen LogP) is 2.58. The first-order valence-corrected chi connectivity index (χ1v) is 9.73. The largest absolute Gasteiger partial charge is 0.490 e. The maximum Gasteiger partial charge on any atom is 0.247 e. The molecule has 0 aliphatic carbocycles. The van der Waals surface area contributed by atoms with Crippen LogP contribution in [0.5, 0.6) is 11.5 Å². The van der Waals surface area contributed by atoms with Gasteiger partial charge in [0.15, 0.2) is 0 Å². The molecule has 150 valence electrons. The number of carbonyl (C=O) groups is 1. The molecule has 0 saturated heterocycles. The molecule has 3 N–H and O–H groups in total. The van der Waals surface area contributed by atoms with Gasteiger partial charge in [-0.05, 0) is 30.7 Å². The minimum absolute atomic E-state index is 0.0700. The maximum atomic E-state index is 11.9. The smallest absolute Gasteiger partial charge is 0.247 e. The lowest BCUT2D eigenvalue weighted by molar-refractivity contribution is -0.120. The van der Waals surface area contributed by atoms with E-state index in [1.54, 1.807) is 0 Å². The van der Waals surface area contributed by atoms with Crippen LogP contribution in [-0.2, 0) is 11.2 Å². The van der Waals surface area contributed by atoms with Crippen LogP contribution in [0, 0.1) is 6.92 Å². The van der Waals surface area contributed by atoms with Gasteiger partial charge >= 0.3 is 0 Å². The average molecular weight is 411 g/mol. The number of para-hydroxylation sites is 2. The van der Waals surface area contributed by atoms with E-state index in [2.05, 4.69) is 20.7 Å². The molecule has 0 fully saturated rings. The van der Waals surface area contributed by atoms with Crippen LogP contribution in [0.1, 0.15) is 16.1 Å². The molecule has 1 heterocycles. The van der Waals surface area contributed by atoms with E-state index >= 15 is 0 Å². The molecule has 3 aromatic rings. The zero-order valence-electron chi connectivity index (χ0n) is 15.9. The van der Waals surface area contributed by atoms with Crippen LogP contribution in [0.3, 0.4) is 0 Å². The zero-order chi connectivity index (χ0) is 20.5. The van der Waals surface area contributed by atoms with E-state index in [1.165, 1.54) is 17.6 Å². The third-order valence-electron chi connectivity index (χ3n) is 3.80. The Balaban J connectivity index is 1.48. The van der Waals surface area contributed by atoms with Crippen LogP contribution in [0.25, 0.3) is 0 Å². The van der Waals surface area contributed by atoms with Crippen LogP contribution in [0.15, 0.2) is 53.6 Å². The van der Waals surface area contributed by atoms with Crippen molar-refractivity contribution in [3.05, 3.63) is 64.7 Å². The van der Waals surface area contributed by atoms with Gasteiger partial charge in [-0.3, -0.25) is 4.79 Å². The number of nitrogen functional groups attached to an aromatic ring is 1. The number of aryl methyl sites for hydroxylation is 1. The molecule has 0 aliphatic heterocycles. The van der Waals surface area contributed by atoms with Gasteiger partial charge in [-0.2, -0.15) is 5.10 Å². The van der Waals surface area contributed by atoms with Crippen molar-refractivity contribution in [1.82, 2.24) is 15.6 Å². The molecule has 0 spiro atoms. The molecule has 9 heteroatoms. The number of aromatic nitrogens is 2. The molecule has 0 aliphatic rings. The van der Waals surface area contributed by atoms with E-state index in [9.17, 15) is 4.79 Å². The number of nitrogens with two attached hydrogens (primary N) is 1. The summed E-state index contributed by atoms with van der Waals surface area (Å²) in [6.45, 7) is 2.79. The van der Waals surface area contributed by atoms with E-state index in [0.29, 0.717) is 29.1 Å². The van der Waals surface area contributed by atoms with Gasteiger partial charge in [-0.15, -0.1) is 10.2 Å². The maximum absolute atomic E-state index is 11.9. The van der Waals surface area contributed by atoms with Crippen LogP contribution in [0.4, 0.5) is 5.13 Å². The highest BCUT2D eigenvalue weighted by Crippen LogP contribution is 2.18. The summed E-state index contributed by atoms with van der Waals surface area (Å²) in [4.78, 5) is 11.9. The van der Waals surface area contributed by atoms with E-state index in [-0.39, 0.29) is 12.3 Å². The Bertz CT molecular complexity index is 990. The summed E-state index contributed by atoms with van der Waals surface area (Å²) in [5.41, 5.74) is 9.77. The number of hydrogen-bond acceptors (Lipinski definition) is 8. The van der Waals surface area contributed by atoms with Crippen molar-refractivity contribution in [2.45, 2.75) is 13.3 Å². The van der Waals surface area contributed by atoms with Crippen LogP contribution < -0.4 is 20.6 Å². The molecular weight excluding hydrogens is 390 g/mol. The third kappa shape index (κ3) is 6.28. The van der Waals surface area contributed by atoms with Crippen molar-refractivity contribution in [1.29, 1.82) is 0 Å². The highest BCUT2D eigenvalue weighted by atomic mass is 32.1. The minimum atomic E-state index is -0.303. The number of amides is 1. The number of nitrogens with one attached hydrogen (secondary N) is 1. The molecule has 0 unspecified atom stereocenters. The fraction of sp³-hybridized carbons (Fsp3) is 0.200. The van der Waals surface area contributed by atoms with Gasteiger partial charge in [0.25, 0.3) is 0 Å². The fourth-order valence-corrected chi connectivity index (χ4v) is 3.04. The fourth-order valence-electron chi connectivity index (χ4n) is 2.43. The van der Waals surface area contributed by atoms with E-state index in [4.69, 9.17) is 15.2 Å². The first kappa shape index (κ1) is 20.3. The van der Waals surface area contributed by atoms with E-state index in [1.807, 2.05) is 55.5 Å². The summed E-state index contributed by atoms with van der Waals surface area (Å²) in [7, 11) is 0. The topological polar surface area (TPSA) is 112 Å². The zero-order valence-corrected chi connectivity index (χ0v) is 16.7. The molecule has 0 bridgehead atoms. The van der Waals surface area contributed by atoms with Gasteiger partial charge in [0.2, 0.25) is 11.0 Å². The average Bonchev–Trinajstić information content (AvgIpc) is 3.12. The van der Waals surface area contributed by atoms with Gasteiger partial charge in [-0.25, -0.2) is 5.43 Å². The van der Waals surface area contributed by atoms with Crippen molar-refractivity contribution in [3.63, 3.8) is 0 Å². The first-order valence-electron chi connectivity index (χ1n) is 8.92. The van der Waals surface area contributed by atoms with Gasteiger partial charge in [-0.1, -0.05) is 41.7 Å². The molecule has 29 heavy (non-hydrogen) atoms. The van der Waals surface area contributed by atoms with E-state index in [0.717, 1.165) is 16.9 Å². The Morgan fingerprint density at radius 2 is 1.79 bits per heavy atom. The van der Waals surface area contributed by atoms with Crippen LogP contribution >= 0.6 is 11.3 Å². The third-order valence-corrected chi connectivity index (χ3v) is 4.55. The van der Waals surface area contributed by atoms with Crippen molar-refractivity contribution in [2.75, 3.05) is 18.9 Å². The standard InChI is InChI=1S/C20H21N5O3S/c1-14-6-2-4-8-16(14)27-10-11-28-17-9-5-3-7-15(17)13-22-23-18(26)12-19-24-25-20(21)29-19/h2-9,13H,10-12H2,1H3,(H2,21,25)(H,23,26)/b22-13+. The Kier molecular flexibility index (Phi) is 7.12. The lowest BCUT2D eigenvalue weighted by Crippen LogP contribution is -2.19. The highest BCUT2D eigenvalue weighted by Gasteiger charge is 2.07. The number of rotatable bonds is 9. The van der Waals surface area contributed by atoms with Crippen molar-refractivity contribution < 1.29 is 14.3 Å². The minimum Gasteiger partial charge on any atom is -0.490 e. The predicted molar refractivity (Wildman–Crippen MR) is 112 cm³/mol. The SMILES string of the molecule is Cc1ccccc1OCCOc1ccccc1/C=N/NC(=O)Cc1nnc(N)s1. The van der Waals surface area contributed by atoms with Gasteiger partial charge in [0.05, 0.1) is 12.6 Å². The summed E-state index contributed by atoms with van der Waals surface area (Å²) in [5.74, 6) is 1.18. The normalized spacial score (nSPS) is 10.8. The number of hydrogen-bond donors (Lipinski definition) is 2. The van der Waals surface area contributed by atoms with E-state index < -0.39 is 0 Å². The number of hydrazone groups is 1. The summed E-state index contributed by atoms with van der Waals surface area (Å²) < 4.78 is 11.5. The Morgan fingerprint density at radius 1 is 1.10 bits per heavy atom. The molecule has 8 nitrogen and oxygen atoms in total. The van der Waals surface area contributed by atoms with Gasteiger partial charge in [0, 0.05) is 5.56 Å². The second-order valence-corrected chi connectivity index (χ2v) is 7.10. The van der Waals surface area contributed by atoms with Crippen LogP contribution in [0.2, 0.25) is 0 Å². The van der Waals surface area contributed by atoms with Crippen molar-refractivity contribution in [2.24, 2.45) is 5.10 Å². The second kappa shape index (κ2) is 10.2. The highest BCUT2D eigenvalue weighted by molar-refractivity contribution is 7.15. The molecule has 1 amide bonds. The quantitative estimate of drug-likeness (QED) is 0.318. The monoisotopic (exact) mass is 411 g/mol. The number of carbonyl (C=O) groups excluding carboxylic acids is 1. The molecule has 0 atom stereocenters. The number of nitrogens with zero attached hydrogens (tertiary/aromatic N) is 3. The van der Waals surface area contributed by atoms with Crippen molar-refractivity contribution >= 4 is 28.6 Å². The number of ether oxygens (including phenoxy) is 2.